The fourth-order valence-electron chi connectivity index (χ4n) is 5.95. The van der Waals surface area contributed by atoms with Crippen molar-refractivity contribution in [1.82, 2.24) is 19.8 Å². The molecule has 1 unspecified atom stereocenters. The number of carbonyl (C=O) groups is 2. The largest absolute Gasteiger partial charge is 0.347 e. The van der Waals surface area contributed by atoms with Gasteiger partial charge in [-0.1, -0.05) is 54.6 Å². The number of rotatable bonds is 6. The van der Waals surface area contributed by atoms with E-state index in [1.165, 1.54) is 22.3 Å². The summed E-state index contributed by atoms with van der Waals surface area (Å²) in [6.07, 6.45) is 4.34. The van der Waals surface area contributed by atoms with Gasteiger partial charge >= 0.3 is 0 Å². The molecule has 1 saturated heterocycles. The van der Waals surface area contributed by atoms with Crippen LogP contribution in [0.3, 0.4) is 0 Å². The van der Waals surface area contributed by atoms with E-state index in [1.54, 1.807) is 4.90 Å². The first-order valence-electron chi connectivity index (χ1n) is 13.3. The highest BCUT2D eigenvalue weighted by Gasteiger charge is 2.36. The molecule has 0 radical (unpaired) electrons. The van der Waals surface area contributed by atoms with Gasteiger partial charge in [0.2, 0.25) is 11.8 Å². The lowest BCUT2D eigenvalue weighted by atomic mass is 9.99. The molecule has 37 heavy (non-hydrogen) atoms. The third kappa shape index (κ3) is 4.52. The SMILES string of the molecule is Cn1c(CCC(=O)N2CCC[C@H]2C(=O)NC2CCc3ccc(-c4ccccc4)cc32)nc2ccccc21. The maximum atomic E-state index is 13.4. The molecule has 6 nitrogen and oxygen atoms in total. The lowest BCUT2D eigenvalue weighted by molar-refractivity contribution is -0.138. The van der Waals surface area contributed by atoms with Crippen molar-refractivity contribution in [2.45, 2.75) is 50.6 Å². The maximum Gasteiger partial charge on any atom is 0.243 e. The van der Waals surface area contributed by atoms with Crippen LogP contribution in [-0.4, -0.2) is 38.9 Å². The highest BCUT2D eigenvalue weighted by atomic mass is 16.2. The summed E-state index contributed by atoms with van der Waals surface area (Å²) in [4.78, 5) is 33.1. The Morgan fingerprint density at radius 2 is 1.78 bits per heavy atom. The molecule has 2 amide bonds. The zero-order valence-corrected chi connectivity index (χ0v) is 21.2. The second kappa shape index (κ2) is 9.85. The standard InChI is InChI=1S/C31H32N4O2/c1-34-27-11-6-5-10-26(27)32-29(34)17-18-30(36)35-19-7-12-28(35)31(37)33-25-16-15-22-13-14-23(20-24(22)25)21-8-3-2-4-9-21/h2-6,8-11,13-14,20,25,28H,7,12,15-19H2,1H3,(H,33,37)/t25?,28-/m0/s1. The van der Waals surface area contributed by atoms with Crippen LogP contribution < -0.4 is 5.32 Å². The Labute approximate surface area is 217 Å². The minimum absolute atomic E-state index is 0.0105. The fourth-order valence-corrected chi connectivity index (χ4v) is 5.95. The van der Waals surface area contributed by atoms with Gasteiger partial charge in [-0.15, -0.1) is 0 Å². The van der Waals surface area contributed by atoms with E-state index in [4.69, 9.17) is 4.98 Å². The normalized spacial score (nSPS) is 18.8. The number of aryl methyl sites for hydroxylation is 3. The summed E-state index contributed by atoms with van der Waals surface area (Å²) in [5, 5.41) is 3.29. The van der Waals surface area contributed by atoms with Crippen LogP contribution in [0.4, 0.5) is 0 Å². The van der Waals surface area contributed by atoms with Crippen molar-refractivity contribution in [3.05, 3.63) is 89.7 Å². The average Bonchev–Trinajstić information content (AvgIpc) is 3.66. The Bertz CT molecular complexity index is 1460. The predicted octanol–water partition coefficient (Wildman–Crippen LogP) is 4.97. The molecule has 6 heteroatoms. The quantitative estimate of drug-likeness (QED) is 0.413. The van der Waals surface area contributed by atoms with Crippen LogP contribution in [0.1, 0.15) is 48.7 Å². The van der Waals surface area contributed by atoms with Gasteiger partial charge in [-0.2, -0.15) is 0 Å². The van der Waals surface area contributed by atoms with Crippen LogP contribution in [0.25, 0.3) is 22.2 Å². The van der Waals surface area contributed by atoms with E-state index in [1.807, 2.05) is 49.5 Å². The van der Waals surface area contributed by atoms with Gasteiger partial charge in [0.05, 0.1) is 17.1 Å². The first-order chi connectivity index (χ1) is 18.1. The summed E-state index contributed by atoms with van der Waals surface area (Å²) in [7, 11) is 1.99. The van der Waals surface area contributed by atoms with Gasteiger partial charge in [0.1, 0.15) is 11.9 Å². The van der Waals surface area contributed by atoms with Crippen LogP contribution in [0.15, 0.2) is 72.8 Å². The van der Waals surface area contributed by atoms with E-state index in [0.717, 1.165) is 36.1 Å². The van der Waals surface area contributed by atoms with Gasteiger partial charge < -0.3 is 14.8 Å². The number of aromatic nitrogens is 2. The van der Waals surface area contributed by atoms with Crippen molar-refractivity contribution in [3.63, 3.8) is 0 Å². The van der Waals surface area contributed by atoms with Gasteiger partial charge in [-0.3, -0.25) is 9.59 Å². The van der Waals surface area contributed by atoms with Crippen LogP contribution >= 0.6 is 0 Å². The molecule has 1 aliphatic heterocycles. The molecule has 2 atom stereocenters. The summed E-state index contributed by atoms with van der Waals surface area (Å²) in [6.45, 7) is 0.638. The maximum absolute atomic E-state index is 13.4. The van der Waals surface area contributed by atoms with Gasteiger partial charge in [-0.25, -0.2) is 4.98 Å². The monoisotopic (exact) mass is 492 g/mol. The Balaban J connectivity index is 1.12. The highest BCUT2D eigenvalue weighted by Crippen LogP contribution is 2.35. The van der Waals surface area contributed by atoms with Crippen molar-refractivity contribution in [1.29, 1.82) is 0 Å². The van der Waals surface area contributed by atoms with Gasteiger partial charge in [-0.05, 0) is 66.1 Å². The molecule has 1 N–H and O–H groups in total. The molecule has 0 spiro atoms. The third-order valence-electron chi connectivity index (χ3n) is 7.97. The summed E-state index contributed by atoms with van der Waals surface area (Å²) < 4.78 is 2.05. The number of carbonyl (C=O) groups excluding carboxylic acids is 2. The van der Waals surface area contributed by atoms with Crippen LogP contribution in [-0.2, 0) is 29.5 Å². The summed E-state index contributed by atoms with van der Waals surface area (Å²) >= 11 is 0. The number of benzene rings is 3. The molecule has 1 fully saturated rings. The molecule has 1 aliphatic carbocycles. The van der Waals surface area contributed by atoms with Gasteiger partial charge in [0.15, 0.2) is 0 Å². The molecule has 4 aromatic rings. The molecule has 188 valence electrons. The molecule has 3 aromatic carbocycles. The third-order valence-corrected chi connectivity index (χ3v) is 7.97. The zero-order chi connectivity index (χ0) is 25.4. The number of nitrogens with zero attached hydrogens (tertiary/aromatic N) is 3. The molecule has 0 saturated carbocycles. The lowest BCUT2D eigenvalue weighted by Crippen LogP contribution is -2.46. The van der Waals surface area contributed by atoms with E-state index in [9.17, 15) is 9.59 Å². The first-order valence-corrected chi connectivity index (χ1v) is 13.3. The number of para-hydroxylation sites is 2. The van der Waals surface area contributed by atoms with E-state index < -0.39 is 6.04 Å². The molecule has 1 aromatic heterocycles. The van der Waals surface area contributed by atoms with E-state index >= 15 is 0 Å². The van der Waals surface area contributed by atoms with E-state index in [0.29, 0.717) is 25.8 Å². The Morgan fingerprint density at radius 1 is 0.973 bits per heavy atom. The van der Waals surface area contributed by atoms with Crippen molar-refractivity contribution < 1.29 is 9.59 Å². The van der Waals surface area contributed by atoms with E-state index in [-0.39, 0.29) is 17.9 Å². The van der Waals surface area contributed by atoms with Crippen molar-refractivity contribution in [2.24, 2.45) is 7.05 Å². The smallest absolute Gasteiger partial charge is 0.243 e. The molecule has 2 aliphatic rings. The molecule has 6 rings (SSSR count). The first kappa shape index (κ1) is 23.5. The molecule has 2 heterocycles. The number of nitrogens with one attached hydrogen (secondary N) is 1. The average molecular weight is 493 g/mol. The Hall–Kier alpha value is -3.93. The fraction of sp³-hybridized carbons (Fsp3) is 0.323. The number of amides is 2. The Morgan fingerprint density at radius 3 is 2.62 bits per heavy atom. The van der Waals surface area contributed by atoms with E-state index in [2.05, 4.69) is 40.2 Å². The topological polar surface area (TPSA) is 67.2 Å². The second-order valence-electron chi connectivity index (χ2n) is 10.2. The highest BCUT2D eigenvalue weighted by molar-refractivity contribution is 5.88. The van der Waals surface area contributed by atoms with Crippen LogP contribution in [0.2, 0.25) is 0 Å². The molecular weight excluding hydrogens is 460 g/mol. The van der Waals surface area contributed by atoms with Crippen molar-refractivity contribution in [3.8, 4) is 11.1 Å². The predicted molar refractivity (Wildman–Crippen MR) is 145 cm³/mol. The minimum atomic E-state index is -0.394. The number of likely N-dealkylation sites (tertiary alicyclic amines) is 1. The number of imidazole rings is 1. The lowest BCUT2D eigenvalue weighted by Gasteiger charge is -2.26. The summed E-state index contributed by atoms with van der Waals surface area (Å²) in [5.41, 5.74) is 6.85. The molecule has 0 bridgehead atoms. The summed E-state index contributed by atoms with van der Waals surface area (Å²) in [5.74, 6) is 0.894. The number of hydrogen-bond acceptors (Lipinski definition) is 3. The van der Waals surface area contributed by atoms with Crippen molar-refractivity contribution in [2.75, 3.05) is 6.54 Å². The van der Waals surface area contributed by atoms with Gasteiger partial charge in [0, 0.05) is 26.4 Å². The minimum Gasteiger partial charge on any atom is -0.347 e. The van der Waals surface area contributed by atoms with Crippen LogP contribution in [0.5, 0.6) is 0 Å². The zero-order valence-electron chi connectivity index (χ0n) is 21.2. The van der Waals surface area contributed by atoms with Crippen LogP contribution in [0, 0.1) is 0 Å². The number of hydrogen-bond donors (Lipinski definition) is 1. The summed E-state index contributed by atoms with van der Waals surface area (Å²) in [6, 6.07) is 24.5. The second-order valence-corrected chi connectivity index (χ2v) is 10.2. The van der Waals surface area contributed by atoms with Gasteiger partial charge in [0.25, 0.3) is 0 Å². The molecular formula is C31H32N4O2. The number of fused-ring (bicyclic) bond motifs is 2. The van der Waals surface area contributed by atoms with Crippen molar-refractivity contribution >= 4 is 22.8 Å². The Kier molecular flexibility index (Phi) is 6.25.